The van der Waals surface area contributed by atoms with Gasteiger partial charge in [0, 0.05) is 36.6 Å². The number of carboxylic acids is 1. The minimum Gasteiger partial charge on any atom is -0.477 e. The van der Waals surface area contributed by atoms with Gasteiger partial charge in [-0.25, -0.2) is 9.79 Å². The van der Waals surface area contributed by atoms with Crippen LogP contribution in [-0.2, 0) is 23.9 Å². The number of non-ortho nitro benzene ring substituents is 1. The Morgan fingerprint density at radius 2 is 2.03 bits per heavy atom. The minimum absolute atomic E-state index is 0.0206. The number of fused-ring (bicyclic) bond motifs is 1. The van der Waals surface area contributed by atoms with Gasteiger partial charge in [-0.05, 0) is 17.7 Å². The predicted octanol–water partition coefficient (Wildman–Crippen LogP) is 2.06. The number of aliphatic imine (C=N–C) groups is 1. The first-order valence-corrected chi connectivity index (χ1v) is 10.0. The van der Waals surface area contributed by atoms with Crippen LogP contribution in [-0.4, -0.2) is 68.8 Å². The monoisotopic (exact) mass is 489 g/mol. The number of β-lactam (4-membered cyclic amide) rings is 1. The zero-order chi connectivity index (χ0) is 24.6. The molecule has 0 spiro atoms. The Morgan fingerprint density at radius 1 is 1.39 bits per heavy atom. The SMILES string of the molecule is CC(=O)OCC1=C(C(=O)O)N2C(=O)[C@@](N=Cc3ccc([N+](=O)[O-])cc3)(OC(F)(F)F)[C@H]2SC1. The van der Waals surface area contributed by atoms with Crippen molar-refractivity contribution in [2.75, 3.05) is 12.4 Å². The molecule has 2 atom stereocenters. The Hall–Kier alpha value is -3.46. The summed E-state index contributed by atoms with van der Waals surface area (Å²) in [5.74, 6) is -3.86. The number of nitrogens with zero attached hydrogens (tertiary/aromatic N) is 3. The maximum absolute atomic E-state index is 13.2. The summed E-state index contributed by atoms with van der Waals surface area (Å²) in [6.45, 7) is 0.628. The van der Waals surface area contributed by atoms with Crippen molar-refractivity contribution >= 4 is 41.5 Å². The third kappa shape index (κ3) is 4.83. The van der Waals surface area contributed by atoms with Crippen LogP contribution in [0, 0.1) is 10.1 Å². The van der Waals surface area contributed by atoms with Crippen LogP contribution in [0.15, 0.2) is 40.5 Å². The lowest BCUT2D eigenvalue weighted by Crippen LogP contribution is -2.74. The van der Waals surface area contributed by atoms with Crippen LogP contribution in [0.25, 0.3) is 0 Å². The summed E-state index contributed by atoms with van der Waals surface area (Å²) in [5.41, 5.74) is -3.52. The fourth-order valence-corrected chi connectivity index (χ4v) is 4.50. The number of amides is 1. The average Bonchev–Trinajstić information content (AvgIpc) is 2.73. The molecule has 1 amide bonds. The number of halogens is 3. The number of ether oxygens (including phenoxy) is 2. The number of hydrogen-bond acceptors (Lipinski definition) is 9. The maximum atomic E-state index is 13.2. The molecule has 15 heteroatoms. The molecule has 1 aromatic rings. The van der Waals surface area contributed by atoms with E-state index in [0.29, 0.717) is 4.90 Å². The first-order valence-electron chi connectivity index (χ1n) is 8.96. The number of benzene rings is 1. The summed E-state index contributed by atoms with van der Waals surface area (Å²) in [5, 5.41) is 18.8. The number of nitro groups is 1. The highest BCUT2D eigenvalue weighted by molar-refractivity contribution is 8.00. The van der Waals surface area contributed by atoms with Crippen molar-refractivity contribution in [2.45, 2.75) is 24.4 Å². The van der Waals surface area contributed by atoms with Crippen LogP contribution in [0.4, 0.5) is 18.9 Å². The van der Waals surface area contributed by atoms with E-state index < -0.39 is 52.5 Å². The van der Waals surface area contributed by atoms with E-state index >= 15 is 0 Å². The quantitative estimate of drug-likeness (QED) is 0.200. The van der Waals surface area contributed by atoms with Crippen LogP contribution in [0.5, 0.6) is 0 Å². The molecule has 2 heterocycles. The summed E-state index contributed by atoms with van der Waals surface area (Å²) in [6, 6.07) is 4.60. The summed E-state index contributed by atoms with van der Waals surface area (Å²) in [4.78, 5) is 50.0. The number of esters is 1. The molecular weight excluding hydrogens is 475 g/mol. The fourth-order valence-electron chi connectivity index (χ4n) is 3.14. The van der Waals surface area contributed by atoms with Crippen LogP contribution in [0.2, 0.25) is 0 Å². The Balaban J connectivity index is 1.97. The number of thioether (sulfide) groups is 1. The number of aliphatic carboxylic acids is 1. The molecule has 2 aliphatic rings. The Labute approximate surface area is 187 Å². The van der Waals surface area contributed by atoms with Gasteiger partial charge >= 0.3 is 18.3 Å². The average molecular weight is 489 g/mol. The number of hydrogen-bond donors (Lipinski definition) is 1. The van der Waals surface area contributed by atoms with Crippen molar-refractivity contribution in [1.82, 2.24) is 4.90 Å². The number of alkyl halides is 3. The van der Waals surface area contributed by atoms with Crippen LogP contribution in [0.3, 0.4) is 0 Å². The lowest BCUT2D eigenvalue weighted by molar-refractivity contribution is -0.384. The van der Waals surface area contributed by atoms with Gasteiger partial charge in [0.05, 0.1) is 4.92 Å². The number of carboxylic acid groups (broad SMARTS) is 1. The van der Waals surface area contributed by atoms with Crippen molar-refractivity contribution in [1.29, 1.82) is 0 Å². The van der Waals surface area contributed by atoms with Gasteiger partial charge in [-0.1, -0.05) is 0 Å². The topological polar surface area (TPSA) is 149 Å². The molecule has 0 aliphatic carbocycles. The van der Waals surface area contributed by atoms with Gasteiger partial charge in [-0.2, -0.15) is 0 Å². The van der Waals surface area contributed by atoms with E-state index in [9.17, 15) is 42.8 Å². The Bertz CT molecular complexity index is 1070. The molecule has 0 bridgehead atoms. The van der Waals surface area contributed by atoms with Crippen molar-refractivity contribution in [3.05, 3.63) is 51.2 Å². The zero-order valence-electron chi connectivity index (χ0n) is 16.6. The molecule has 2 aliphatic heterocycles. The molecule has 0 saturated carbocycles. The second-order valence-corrected chi connectivity index (χ2v) is 7.80. The number of rotatable bonds is 7. The lowest BCUT2D eigenvalue weighted by Gasteiger charge is -2.54. The van der Waals surface area contributed by atoms with Crippen molar-refractivity contribution < 1.29 is 47.1 Å². The molecular formula is C18H14F3N3O8S. The summed E-state index contributed by atoms with van der Waals surface area (Å²) in [7, 11) is 0. The van der Waals surface area contributed by atoms with E-state index in [-0.39, 0.29) is 22.6 Å². The number of carbonyl (C=O) groups is 3. The molecule has 33 heavy (non-hydrogen) atoms. The molecule has 3 rings (SSSR count). The standard InChI is InChI=1S/C18H14F3N3O8S/c1-9(25)31-7-11-8-33-16-17(32-18(19,20)21,15(28)23(16)13(11)14(26)27)22-6-10-2-4-12(5-3-10)24(29)30/h2-6,16H,7-8H2,1H3,(H,26,27)/t16-,17-/m1/s1. The maximum Gasteiger partial charge on any atom is 0.525 e. The highest BCUT2D eigenvalue weighted by Gasteiger charge is 2.69. The number of nitro benzene ring substituents is 1. The second-order valence-electron chi connectivity index (χ2n) is 6.73. The van der Waals surface area contributed by atoms with Crippen molar-refractivity contribution in [3.63, 3.8) is 0 Å². The molecule has 1 N–H and O–H groups in total. The third-order valence-corrected chi connectivity index (χ3v) is 5.88. The largest absolute Gasteiger partial charge is 0.525 e. The highest BCUT2D eigenvalue weighted by Crippen LogP contribution is 2.50. The van der Waals surface area contributed by atoms with Gasteiger partial charge in [0.2, 0.25) is 0 Å². The van der Waals surface area contributed by atoms with Crippen LogP contribution in [0.1, 0.15) is 12.5 Å². The smallest absolute Gasteiger partial charge is 0.477 e. The minimum atomic E-state index is -5.29. The molecule has 1 fully saturated rings. The molecule has 1 saturated heterocycles. The Kier molecular flexibility index (Phi) is 6.46. The van der Waals surface area contributed by atoms with Crippen molar-refractivity contribution in [2.24, 2.45) is 4.99 Å². The van der Waals surface area contributed by atoms with Gasteiger partial charge in [-0.15, -0.1) is 24.9 Å². The third-order valence-electron chi connectivity index (χ3n) is 4.52. The number of carbonyl (C=O) groups excluding carboxylic acids is 2. The molecule has 11 nitrogen and oxygen atoms in total. The fraction of sp³-hybridized carbons (Fsp3) is 0.333. The zero-order valence-corrected chi connectivity index (χ0v) is 17.4. The van der Waals surface area contributed by atoms with Crippen LogP contribution >= 0.6 is 11.8 Å². The van der Waals surface area contributed by atoms with E-state index in [1.165, 1.54) is 12.1 Å². The van der Waals surface area contributed by atoms with Gasteiger partial charge in [-0.3, -0.25) is 29.3 Å². The molecule has 0 radical (unpaired) electrons. The van der Waals surface area contributed by atoms with E-state index in [4.69, 9.17) is 4.74 Å². The highest BCUT2D eigenvalue weighted by atomic mass is 32.2. The van der Waals surface area contributed by atoms with Crippen molar-refractivity contribution in [3.8, 4) is 0 Å². The van der Waals surface area contributed by atoms with Gasteiger partial charge < -0.3 is 9.84 Å². The summed E-state index contributed by atoms with van der Waals surface area (Å²) < 4.78 is 48.4. The molecule has 0 aromatic heterocycles. The molecule has 0 unspecified atom stereocenters. The van der Waals surface area contributed by atoms with E-state index in [1.54, 1.807) is 0 Å². The van der Waals surface area contributed by atoms with E-state index in [1.807, 2.05) is 0 Å². The van der Waals surface area contributed by atoms with E-state index in [2.05, 4.69) is 9.73 Å². The summed E-state index contributed by atoms with van der Waals surface area (Å²) >= 11 is 0.751. The molecule has 176 valence electrons. The van der Waals surface area contributed by atoms with Gasteiger partial charge in [0.15, 0.2) is 0 Å². The second kappa shape index (κ2) is 8.82. The first kappa shape index (κ1) is 24.2. The van der Waals surface area contributed by atoms with E-state index in [0.717, 1.165) is 37.0 Å². The van der Waals surface area contributed by atoms with Crippen LogP contribution < -0.4 is 0 Å². The normalized spacial score (nSPS) is 22.7. The van der Waals surface area contributed by atoms with Gasteiger partial charge in [0.1, 0.15) is 17.7 Å². The first-order chi connectivity index (χ1) is 15.4. The van der Waals surface area contributed by atoms with Gasteiger partial charge in [0.25, 0.3) is 17.3 Å². The predicted molar refractivity (Wildman–Crippen MR) is 105 cm³/mol. The molecule has 1 aromatic carbocycles. The summed E-state index contributed by atoms with van der Waals surface area (Å²) in [6.07, 6.45) is -4.41. The Morgan fingerprint density at radius 3 is 2.55 bits per heavy atom. The lowest BCUT2D eigenvalue weighted by atomic mass is 9.99.